The smallest absolute Gasteiger partial charge is 0.352 e. The van der Waals surface area contributed by atoms with Crippen molar-refractivity contribution in [2.75, 3.05) is 12.4 Å². The molecular formula is C17H17NO6S2. The first kappa shape index (κ1) is 18.7. The lowest BCUT2D eigenvalue weighted by molar-refractivity contribution is -0.154. The van der Waals surface area contributed by atoms with Gasteiger partial charge in [0.05, 0.1) is 11.3 Å². The monoisotopic (exact) mass is 395 g/mol. The van der Waals surface area contributed by atoms with Crippen LogP contribution in [0.2, 0.25) is 0 Å². The van der Waals surface area contributed by atoms with Crippen LogP contribution in [0.1, 0.15) is 18.2 Å². The molecule has 2 atom stereocenters. The van der Waals surface area contributed by atoms with Crippen LogP contribution in [0.3, 0.4) is 0 Å². The molecule has 0 spiro atoms. The van der Waals surface area contributed by atoms with Gasteiger partial charge < -0.3 is 9.84 Å². The first-order chi connectivity index (χ1) is 12.4. The topological polar surface area (TPSA) is 101 Å². The van der Waals surface area contributed by atoms with E-state index in [0.717, 1.165) is 4.88 Å². The van der Waals surface area contributed by atoms with E-state index in [4.69, 9.17) is 4.74 Å². The summed E-state index contributed by atoms with van der Waals surface area (Å²) in [4.78, 5) is 49.5. The Morgan fingerprint density at radius 2 is 2.15 bits per heavy atom. The minimum absolute atomic E-state index is 0.0300. The van der Waals surface area contributed by atoms with E-state index in [2.05, 4.69) is 0 Å². The summed E-state index contributed by atoms with van der Waals surface area (Å²) in [6.07, 6.45) is 0.398. The Balaban J connectivity index is 1.69. The van der Waals surface area contributed by atoms with E-state index < -0.39 is 17.9 Å². The third-order valence-electron chi connectivity index (χ3n) is 4.21. The molecule has 9 heteroatoms. The third kappa shape index (κ3) is 3.68. The molecule has 1 saturated heterocycles. The van der Waals surface area contributed by atoms with Crippen molar-refractivity contribution < 1.29 is 29.0 Å². The van der Waals surface area contributed by atoms with Gasteiger partial charge in [-0.15, -0.1) is 23.1 Å². The van der Waals surface area contributed by atoms with Crippen molar-refractivity contribution in [3.63, 3.8) is 0 Å². The zero-order valence-electron chi connectivity index (χ0n) is 14.0. The highest BCUT2D eigenvalue weighted by Crippen LogP contribution is 2.45. The molecule has 2 aliphatic rings. The molecule has 1 aromatic heterocycles. The Morgan fingerprint density at radius 3 is 2.77 bits per heavy atom. The molecule has 0 radical (unpaired) electrons. The minimum atomic E-state index is -1.23. The highest BCUT2D eigenvalue weighted by Gasteiger charge is 2.53. The summed E-state index contributed by atoms with van der Waals surface area (Å²) in [7, 11) is 0. The van der Waals surface area contributed by atoms with Gasteiger partial charge in [-0.1, -0.05) is 6.07 Å². The fourth-order valence-corrected chi connectivity index (χ4v) is 5.17. The first-order valence-electron chi connectivity index (χ1n) is 7.96. The van der Waals surface area contributed by atoms with Gasteiger partial charge in [0.1, 0.15) is 18.1 Å². The lowest BCUT2D eigenvalue weighted by Gasteiger charge is -2.49. The van der Waals surface area contributed by atoms with Crippen molar-refractivity contribution in [2.24, 2.45) is 5.92 Å². The van der Waals surface area contributed by atoms with Gasteiger partial charge in [0.25, 0.3) is 0 Å². The molecule has 138 valence electrons. The zero-order valence-corrected chi connectivity index (χ0v) is 15.6. The van der Waals surface area contributed by atoms with Crippen molar-refractivity contribution in [2.45, 2.75) is 25.1 Å². The molecule has 1 fully saturated rings. The van der Waals surface area contributed by atoms with E-state index in [-0.39, 0.29) is 42.2 Å². The van der Waals surface area contributed by atoms with Crippen LogP contribution in [0.25, 0.3) is 0 Å². The van der Waals surface area contributed by atoms with Gasteiger partial charge in [0.15, 0.2) is 0 Å². The molecule has 0 saturated carbocycles. The number of carboxylic acids is 1. The van der Waals surface area contributed by atoms with E-state index in [0.29, 0.717) is 11.3 Å². The van der Waals surface area contributed by atoms with Gasteiger partial charge in [0.2, 0.25) is 5.91 Å². The molecule has 3 heterocycles. The number of nitrogens with zero attached hydrogens (tertiary/aromatic N) is 1. The van der Waals surface area contributed by atoms with Gasteiger partial charge in [-0.3, -0.25) is 19.3 Å². The summed E-state index contributed by atoms with van der Waals surface area (Å²) >= 11 is 2.89. The molecule has 26 heavy (non-hydrogen) atoms. The number of thiophene rings is 1. The molecule has 0 aliphatic carbocycles. The summed E-state index contributed by atoms with van der Waals surface area (Å²) in [5.74, 6) is -2.29. The molecule has 1 amide bonds. The molecular weight excluding hydrogens is 378 g/mol. The molecule has 1 aromatic rings. The second-order valence-corrected chi connectivity index (χ2v) is 8.19. The van der Waals surface area contributed by atoms with Gasteiger partial charge in [-0.05, 0) is 11.4 Å². The number of ketones is 1. The Labute approximate surface area is 158 Å². The van der Waals surface area contributed by atoms with Gasteiger partial charge in [0, 0.05) is 36.0 Å². The third-order valence-corrected chi connectivity index (χ3v) is 6.48. The van der Waals surface area contributed by atoms with E-state index in [1.807, 2.05) is 17.5 Å². The van der Waals surface area contributed by atoms with Crippen LogP contribution >= 0.6 is 23.1 Å². The maximum absolute atomic E-state index is 12.5. The Bertz CT molecular complexity index is 785. The Kier molecular flexibility index (Phi) is 5.47. The van der Waals surface area contributed by atoms with Crippen LogP contribution in [-0.4, -0.2) is 51.4 Å². The van der Waals surface area contributed by atoms with Crippen LogP contribution in [-0.2, 0) is 30.3 Å². The summed E-state index contributed by atoms with van der Waals surface area (Å²) < 4.78 is 4.89. The Hall–Kier alpha value is -2.13. The van der Waals surface area contributed by atoms with Crippen molar-refractivity contribution in [3.05, 3.63) is 33.7 Å². The SMILES string of the molecule is CC(=O)OCC1=C(C(=O)O)N2C(=O)C(CC(=O)Cc3cccs3)C2SC1. The highest BCUT2D eigenvalue weighted by atomic mass is 32.2. The van der Waals surface area contributed by atoms with E-state index in [1.165, 1.54) is 34.9 Å². The van der Waals surface area contributed by atoms with Gasteiger partial charge in [-0.2, -0.15) is 0 Å². The number of aliphatic carboxylic acids is 1. The summed E-state index contributed by atoms with van der Waals surface area (Å²) in [5, 5.41) is 11.0. The molecule has 7 nitrogen and oxygen atoms in total. The minimum Gasteiger partial charge on any atom is -0.477 e. The number of hydrogen-bond donors (Lipinski definition) is 1. The molecule has 0 aromatic carbocycles. The number of esters is 1. The molecule has 3 rings (SSSR count). The number of rotatable bonds is 7. The fraction of sp³-hybridized carbons (Fsp3) is 0.412. The predicted molar refractivity (Wildman–Crippen MR) is 95.5 cm³/mol. The van der Waals surface area contributed by atoms with Crippen molar-refractivity contribution in [3.8, 4) is 0 Å². The summed E-state index contributed by atoms with van der Waals surface area (Å²) in [5.41, 5.74) is 0.271. The van der Waals surface area contributed by atoms with Crippen LogP contribution in [0.4, 0.5) is 0 Å². The fourth-order valence-electron chi connectivity index (χ4n) is 3.04. The Morgan fingerprint density at radius 1 is 1.38 bits per heavy atom. The number of carboxylic acid groups (broad SMARTS) is 1. The molecule has 0 bridgehead atoms. The average Bonchev–Trinajstić information content (AvgIpc) is 3.09. The van der Waals surface area contributed by atoms with Crippen LogP contribution in [0, 0.1) is 5.92 Å². The lowest BCUT2D eigenvalue weighted by atomic mass is 9.89. The quantitative estimate of drug-likeness (QED) is 0.554. The van der Waals surface area contributed by atoms with Gasteiger partial charge >= 0.3 is 11.9 Å². The van der Waals surface area contributed by atoms with Crippen LogP contribution in [0.5, 0.6) is 0 Å². The van der Waals surface area contributed by atoms with Crippen molar-refractivity contribution in [1.29, 1.82) is 0 Å². The maximum Gasteiger partial charge on any atom is 0.352 e. The standard InChI is InChI=1S/C17H17NO6S2/c1-9(19)24-7-10-8-26-16-13(15(21)18(16)14(10)17(22)23)6-11(20)5-12-3-2-4-25-12/h2-4,13,16H,5-8H2,1H3,(H,22,23). The predicted octanol–water partition coefficient (Wildman–Crippen LogP) is 1.68. The molecule has 1 N–H and O–H groups in total. The van der Waals surface area contributed by atoms with Crippen LogP contribution in [0.15, 0.2) is 28.8 Å². The summed E-state index contributed by atoms with van der Waals surface area (Å²) in [6.45, 7) is 1.09. The molecule has 2 unspecified atom stereocenters. The van der Waals surface area contributed by atoms with Crippen molar-refractivity contribution in [1.82, 2.24) is 4.90 Å². The maximum atomic E-state index is 12.5. The van der Waals surface area contributed by atoms with E-state index in [1.54, 1.807) is 0 Å². The number of carbonyl (C=O) groups is 4. The number of carbonyl (C=O) groups excluding carboxylic acids is 3. The number of fused-ring (bicyclic) bond motifs is 1. The second-order valence-electron chi connectivity index (χ2n) is 6.05. The number of Topliss-reactive ketones (excluding diaryl/α,β-unsaturated/α-hetero) is 1. The normalized spacial score (nSPS) is 21.9. The number of ether oxygens (including phenoxy) is 1. The second kappa shape index (κ2) is 7.63. The van der Waals surface area contributed by atoms with E-state index >= 15 is 0 Å². The summed E-state index contributed by atoms with van der Waals surface area (Å²) in [6, 6.07) is 3.74. The number of β-lactam (4-membered cyclic amide) rings is 1. The number of thioether (sulfide) groups is 1. The largest absolute Gasteiger partial charge is 0.477 e. The van der Waals surface area contributed by atoms with Crippen LogP contribution < -0.4 is 0 Å². The number of amides is 1. The molecule has 2 aliphatic heterocycles. The first-order valence-corrected chi connectivity index (χ1v) is 9.88. The zero-order chi connectivity index (χ0) is 18.8. The average molecular weight is 395 g/mol. The lowest BCUT2D eigenvalue weighted by Crippen LogP contribution is -2.62. The van der Waals surface area contributed by atoms with Crippen molar-refractivity contribution >= 4 is 46.7 Å². The number of hydrogen-bond acceptors (Lipinski definition) is 7. The highest BCUT2D eigenvalue weighted by molar-refractivity contribution is 8.00. The van der Waals surface area contributed by atoms with Gasteiger partial charge in [-0.25, -0.2) is 4.79 Å². The van der Waals surface area contributed by atoms with E-state index in [9.17, 15) is 24.3 Å².